The topological polar surface area (TPSA) is 45.8 Å². The molecule has 0 bridgehead atoms. The zero-order valence-corrected chi connectivity index (χ0v) is 9.57. The third-order valence-corrected chi connectivity index (χ3v) is 3.29. The summed E-state index contributed by atoms with van der Waals surface area (Å²) in [5, 5.41) is 8.51. The van der Waals surface area contributed by atoms with Crippen molar-refractivity contribution < 1.29 is 0 Å². The van der Waals surface area contributed by atoms with E-state index in [2.05, 4.69) is 16.3 Å². The molecule has 3 heteroatoms. The van der Waals surface area contributed by atoms with E-state index in [0.29, 0.717) is 0 Å². The van der Waals surface area contributed by atoms with Crippen molar-refractivity contribution in [2.24, 2.45) is 0 Å². The van der Waals surface area contributed by atoms with Crippen LogP contribution in [-0.2, 0) is 0 Å². The van der Waals surface area contributed by atoms with Gasteiger partial charge in [0.1, 0.15) is 0 Å². The molecule has 0 spiro atoms. The molecule has 0 saturated carbocycles. The Labute approximate surface area is 99.2 Å². The molecular formula is C14H14N2O. The van der Waals surface area contributed by atoms with Crippen LogP contribution in [0.4, 0.5) is 0 Å². The Hall–Kier alpha value is -1.90. The minimum Gasteiger partial charge on any atom is -0.267 e. The molecular weight excluding hydrogens is 212 g/mol. The van der Waals surface area contributed by atoms with E-state index in [1.165, 1.54) is 18.4 Å². The molecule has 17 heavy (non-hydrogen) atoms. The fourth-order valence-electron chi connectivity index (χ4n) is 2.41. The average Bonchev–Trinajstić information content (AvgIpc) is 2.41. The SMILES string of the molecule is O=c1[nH]nc(C2=CCCCC2)c2ccccc12. The minimum absolute atomic E-state index is 0.110. The molecule has 1 heterocycles. The Kier molecular flexibility index (Phi) is 2.52. The summed E-state index contributed by atoms with van der Waals surface area (Å²) in [7, 11) is 0. The summed E-state index contributed by atoms with van der Waals surface area (Å²) in [5.74, 6) is 0. The smallest absolute Gasteiger partial charge is 0.267 e. The molecule has 0 radical (unpaired) electrons. The lowest BCUT2D eigenvalue weighted by Crippen LogP contribution is -2.11. The first kappa shape index (κ1) is 10.3. The number of hydrogen-bond donors (Lipinski definition) is 1. The molecule has 0 aliphatic heterocycles. The molecule has 1 N–H and O–H groups in total. The van der Waals surface area contributed by atoms with E-state index in [4.69, 9.17) is 0 Å². The Bertz CT molecular complexity index is 640. The molecule has 0 saturated heterocycles. The number of rotatable bonds is 1. The zero-order chi connectivity index (χ0) is 11.7. The first-order valence-corrected chi connectivity index (χ1v) is 6.03. The van der Waals surface area contributed by atoms with Gasteiger partial charge in [-0.2, -0.15) is 5.10 Å². The highest BCUT2D eigenvalue weighted by molar-refractivity contribution is 5.91. The van der Waals surface area contributed by atoms with Crippen LogP contribution >= 0.6 is 0 Å². The van der Waals surface area contributed by atoms with E-state index >= 15 is 0 Å². The first-order chi connectivity index (χ1) is 8.36. The summed E-state index contributed by atoms with van der Waals surface area (Å²) in [6, 6.07) is 7.66. The molecule has 86 valence electrons. The number of hydrogen-bond acceptors (Lipinski definition) is 2. The van der Waals surface area contributed by atoms with Crippen molar-refractivity contribution in [3.8, 4) is 0 Å². The fraction of sp³-hybridized carbons (Fsp3) is 0.286. The van der Waals surface area contributed by atoms with Crippen LogP contribution in [-0.4, -0.2) is 10.2 Å². The summed E-state index contributed by atoms with van der Waals surface area (Å²) in [6.07, 6.45) is 6.88. The third-order valence-electron chi connectivity index (χ3n) is 3.29. The van der Waals surface area contributed by atoms with Crippen LogP contribution in [0.5, 0.6) is 0 Å². The molecule has 0 atom stereocenters. The molecule has 2 aromatic rings. The van der Waals surface area contributed by atoms with Gasteiger partial charge in [0, 0.05) is 5.39 Å². The summed E-state index contributed by atoms with van der Waals surface area (Å²) >= 11 is 0. The predicted octanol–water partition coefficient (Wildman–Crippen LogP) is 2.88. The predicted molar refractivity (Wildman–Crippen MR) is 68.8 cm³/mol. The lowest BCUT2D eigenvalue weighted by atomic mass is 9.95. The number of nitrogens with zero attached hydrogens (tertiary/aromatic N) is 1. The van der Waals surface area contributed by atoms with E-state index in [9.17, 15) is 4.79 Å². The largest absolute Gasteiger partial charge is 0.272 e. The van der Waals surface area contributed by atoms with Gasteiger partial charge in [-0.15, -0.1) is 0 Å². The number of allylic oxidation sites excluding steroid dienone is 2. The highest BCUT2D eigenvalue weighted by Gasteiger charge is 2.12. The molecule has 0 fully saturated rings. The summed E-state index contributed by atoms with van der Waals surface area (Å²) in [4.78, 5) is 11.7. The van der Waals surface area contributed by atoms with Crippen molar-refractivity contribution in [1.29, 1.82) is 0 Å². The molecule has 1 aliphatic carbocycles. The van der Waals surface area contributed by atoms with Gasteiger partial charge in [-0.05, 0) is 37.3 Å². The van der Waals surface area contributed by atoms with Gasteiger partial charge in [0.15, 0.2) is 0 Å². The Balaban J connectivity index is 2.27. The Morgan fingerprint density at radius 2 is 1.94 bits per heavy atom. The first-order valence-electron chi connectivity index (χ1n) is 6.03. The summed E-state index contributed by atoms with van der Waals surface area (Å²) in [5.41, 5.74) is 2.10. The molecule has 1 aromatic carbocycles. The number of benzene rings is 1. The fourth-order valence-corrected chi connectivity index (χ4v) is 2.41. The van der Waals surface area contributed by atoms with Crippen molar-refractivity contribution in [3.63, 3.8) is 0 Å². The molecule has 3 nitrogen and oxygen atoms in total. The highest BCUT2D eigenvalue weighted by Crippen LogP contribution is 2.28. The highest BCUT2D eigenvalue weighted by atomic mass is 16.1. The van der Waals surface area contributed by atoms with Gasteiger partial charge in [0.25, 0.3) is 5.56 Å². The van der Waals surface area contributed by atoms with E-state index in [0.717, 1.165) is 29.3 Å². The van der Waals surface area contributed by atoms with Crippen molar-refractivity contribution >= 4 is 16.3 Å². The van der Waals surface area contributed by atoms with Crippen molar-refractivity contribution in [2.45, 2.75) is 25.7 Å². The number of H-pyrrole nitrogens is 1. The maximum atomic E-state index is 11.7. The Morgan fingerprint density at radius 1 is 1.12 bits per heavy atom. The van der Waals surface area contributed by atoms with Gasteiger partial charge in [-0.1, -0.05) is 24.3 Å². The maximum absolute atomic E-state index is 11.7. The van der Waals surface area contributed by atoms with Gasteiger partial charge in [0.05, 0.1) is 11.1 Å². The van der Waals surface area contributed by atoms with Crippen LogP contribution in [0.25, 0.3) is 16.3 Å². The quantitative estimate of drug-likeness (QED) is 0.812. The standard InChI is InChI=1S/C14H14N2O/c17-14-12-9-5-4-8-11(12)13(15-16-14)10-6-2-1-3-7-10/h4-6,8-9H,1-3,7H2,(H,16,17). The van der Waals surface area contributed by atoms with E-state index in [-0.39, 0.29) is 5.56 Å². The van der Waals surface area contributed by atoms with Crippen LogP contribution in [0.3, 0.4) is 0 Å². The van der Waals surface area contributed by atoms with Crippen molar-refractivity contribution in [3.05, 3.63) is 46.4 Å². The normalized spacial score (nSPS) is 15.9. The van der Waals surface area contributed by atoms with Crippen LogP contribution in [0.1, 0.15) is 31.4 Å². The molecule has 1 aromatic heterocycles. The van der Waals surface area contributed by atoms with Gasteiger partial charge in [0.2, 0.25) is 0 Å². The van der Waals surface area contributed by atoms with Crippen LogP contribution in [0.15, 0.2) is 35.1 Å². The number of fused-ring (bicyclic) bond motifs is 1. The average molecular weight is 226 g/mol. The van der Waals surface area contributed by atoms with E-state index in [1.807, 2.05) is 24.3 Å². The van der Waals surface area contributed by atoms with E-state index < -0.39 is 0 Å². The number of aromatic amines is 1. The molecule has 3 rings (SSSR count). The van der Waals surface area contributed by atoms with Gasteiger partial charge in [-0.25, -0.2) is 5.10 Å². The molecule has 1 aliphatic rings. The van der Waals surface area contributed by atoms with Gasteiger partial charge < -0.3 is 0 Å². The molecule has 0 unspecified atom stereocenters. The Morgan fingerprint density at radius 3 is 2.71 bits per heavy atom. The monoisotopic (exact) mass is 226 g/mol. The maximum Gasteiger partial charge on any atom is 0.272 e. The molecule has 0 amide bonds. The number of aromatic nitrogens is 2. The van der Waals surface area contributed by atoms with Crippen LogP contribution in [0, 0.1) is 0 Å². The third kappa shape index (κ3) is 1.78. The van der Waals surface area contributed by atoms with Crippen LogP contribution < -0.4 is 5.56 Å². The second-order valence-electron chi connectivity index (χ2n) is 4.42. The van der Waals surface area contributed by atoms with Crippen molar-refractivity contribution in [1.82, 2.24) is 10.2 Å². The van der Waals surface area contributed by atoms with Gasteiger partial charge >= 0.3 is 0 Å². The second-order valence-corrected chi connectivity index (χ2v) is 4.42. The number of nitrogens with one attached hydrogen (secondary N) is 1. The summed E-state index contributed by atoms with van der Waals surface area (Å²) in [6.45, 7) is 0. The van der Waals surface area contributed by atoms with Gasteiger partial charge in [-0.3, -0.25) is 4.79 Å². The lowest BCUT2D eigenvalue weighted by molar-refractivity contribution is 0.738. The lowest BCUT2D eigenvalue weighted by Gasteiger charge is -2.13. The second kappa shape index (κ2) is 4.17. The van der Waals surface area contributed by atoms with Crippen molar-refractivity contribution in [2.75, 3.05) is 0 Å². The zero-order valence-electron chi connectivity index (χ0n) is 9.57. The van der Waals surface area contributed by atoms with E-state index in [1.54, 1.807) is 0 Å². The minimum atomic E-state index is -0.110. The summed E-state index contributed by atoms with van der Waals surface area (Å²) < 4.78 is 0. The van der Waals surface area contributed by atoms with Crippen LogP contribution in [0.2, 0.25) is 0 Å².